The van der Waals surface area contributed by atoms with Gasteiger partial charge in [0.1, 0.15) is 5.76 Å². The van der Waals surface area contributed by atoms with Crippen LogP contribution >= 0.6 is 11.8 Å². The highest BCUT2D eigenvalue weighted by Crippen LogP contribution is 2.20. The van der Waals surface area contributed by atoms with Crippen LogP contribution in [0.25, 0.3) is 0 Å². The van der Waals surface area contributed by atoms with Gasteiger partial charge >= 0.3 is 0 Å². The van der Waals surface area contributed by atoms with E-state index in [9.17, 15) is 0 Å². The van der Waals surface area contributed by atoms with Gasteiger partial charge in [-0.1, -0.05) is 24.6 Å². The monoisotopic (exact) mass is 240 g/mol. The summed E-state index contributed by atoms with van der Waals surface area (Å²) < 4.78 is 5.51. The van der Waals surface area contributed by atoms with E-state index in [1.54, 1.807) is 11.8 Å². The number of hydrogen-bond acceptors (Lipinski definition) is 4. The Morgan fingerprint density at radius 2 is 2.12 bits per heavy atom. The largest absolute Gasteiger partial charge is 0.437 e. The summed E-state index contributed by atoms with van der Waals surface area (Å²) >= 11 is 1.70. The van der Waals surface area contributed by atoms with Crippen LogP contribution in [-0.4, -0.2) is 23.3 Å². The molecule has 1 aliphatic carbocycles. The van der Waals surface area contributed by atoms with Crippen molar-refractivity contribution in [3.63, 3.8) is 0 Å². The number of hydrogen-bond donors (Lipinski definition) is 1. The molecule has 1 N–H and O–H groups in total. The third-order valence-corrected chi connectivity index (χ3v) is 3.95. The van der Waals surface area contributed by atoms with Crippen LogP contribution in [0.15, 0.2) is 9.64 Å². The minimum Gasteiger partial charge on any atom is -0.437 e. The van der Waals surface area contributed by atoms with Crippen LogP contribution < -0.4 is 5.32 Å². The van der Waals surface area contributed by atoms with E-state index in [1.165, 1.54) is 25.7 Å². The van der Waals surface area contributed by atoms with Crippen molar-refractivity contribution >= 4 is 11.8 Å². The van der Waals surface area contributed by atoms with Crippen molar-refractivity contribution in [2.75, 3.05) is 12.3 Å². The molecule has 1 aromatic heterocycles. The van der Waals surface area contributed by atoms with Gasteiger partial charge in [0, 0.05) is 18.3 Å². The van der Waals surface area contributed by atoms with Gasteiger partial charge < -0.3 is 9.73 Å². The third-order valence-electron chi connectivity index (χ3n) is 3.12. The van der Waals surface area contributed by atoms with Gasteiger partial charge in [-0.05, 0) is 26.7 Å². The highest BCUT2D eigenvalue weighted by Gasteiger charge is 2.13. The van der Waals surface area contributed by atoms with Crippen LogP contribution in [0.5, 0.6) is 0 Å². The summed E-state index contributed by atoms with van der Waals surface area (Å²) in [6.45, 7) is 5.00. The number of thioether (sulfide) groups is 1. The number of rotatable bonds is 5. The minimum absolute atomic E-state index is 0.758. The molecule has 3 nitrogen and oxygen atoms in total. The van der Waals surface area contributed by atoms with Crippen molar-refractivity contribution < 1.29 is 4.42 Å². The predicted molar refractivity (Wildman–Crippen MR) is 67.0 cm³/mol. The molecule has 0 radical (unpaired) electrons. The van der Waals surface area contributed by atoms with E-state index in [4.69, 9.17) is 4.42 Å². The van der Waals surface area contributed by atoms with Gasteiger partial charge in [0.05, 0.1) is 5.69 Å². The summed E-state index contributed by atoms with van der Waals surface area (Å²) in [5.41, 5.74) is 1.01. The minimum atomic E-state index is 0.758. The second-order valence-corrected chi connectivity index (χ2v) is 5.45. The van der Waals surface area contributed by atoms with Crippen LogP contribution in [0.4, 0.5) is 0 Å². The number of nitrogens with one attached hydrogen (secondary N) is 1. The summed E-state index contributed by atoms with van der Waals surface area (Å²) in [4.78, 5) is 4.35. The lowest BCUT2D eigenvalue weighted by atomic mass is 10.2. The van der Waals surface area contributed by atoms with Crippen LogP contribution in [0.3, 0.4) is 0 Å². The Bertz CT molecular complexity index is 312. The first-order valence-corrected chi connectivity index (χ1v) is 7.04. The molecule has 0 atom stereocenters. The Balaban J connectivity index is 1.64. The first-order chi connectivity index (χ1) is 7.75. The zero-order valence-electron chi connectivity index (χ0n) is 10.1. The maximum atomic E-state index is 5.51. The van der Waals surface area contributed by atoms with Gasteiger partial charge in [-0.2, -0.15) is 0 Å². The van der Waals surface area contributed by atoms with Gasteiger partial charge in [-0.15, -0.1) is 0 Å². The first kappa shape index (κ1) is 12.0. The second-order valence-electron chi connectivity index (χ2n) is 4.41. The van der Waals surface area contributed by atoms with Crippen LogP contribution in [-0.2, 0) is 0 Å². The smallest absolute Gasteiger partial charge is 0.256 e. The Hall–Kier alpha value is -0.480. The summed E-state index contributed by atoms with van der Waals surface area (Å²) in [6, 6.07) is 0.758. The van der Waals surface area contributed by atoms with Gasteiger partial charge in [0.25, 0.3) is 5.22 Å². The lowest BCUT2D eigenvalue weighted by molar-refractivity contribution is 0.431. The van der Waals surface area contributed by atoms with Crippen molar-refractivity contribution in [2.24, 2.45) is 0 Å². The lowest BCUT2D eigenvalue weighted by Crippen LogP contribution is -2.28. The third kappa shape index (κ3) is 3.25. The van der Waals surface area contributed by atoms with E-state index in [0.29, 0.717) is 0 Å². The summed E-state index contributed by atoms with van der Waals surface area (Å²) in [6.07, 6.45) is 5.48. The molecule has 1 aromatic rings. The van der Waals surface area contributed by atoms with Gasteiger partial charge in [0.15, 0.2) is 0 Å². The average molecular weight is 240 g/mol. The first-order valence-electron chi connectivity index (χ1n) is 6.06. The molecule has 4 heteroatoms. The molecule has 1 fully saturated rings. The van der Waals surface area contributed by atoms with Crippen LogP contribution in [0.2, 0.25) is 0 Å². The van der Waals surface area contributed by atoms with Gasteiger partial charge in [-0.3, -0.25) is 0 Å². The normalized spacial score (nSPS) is 17.1. The van der Waals surface area contributed by atoms with Crippen LogP contribution in [0, 0.1) is 13.8 Å². The molecule has 0 aromatic carbocycles. The van der Waals surface area contributed by atoms with E-state index in [0.717, 1.165) is 35.0 Å². The number of nitrogens with zero attached hydrogens (tertiary/aromatic N) is 1. The Labute approximate surface area is 101 Å². The maximum Gasteiger partial charge on any atom is 0.256 e. The van der Waals surface area contributed by atoms with Crippen LogP contribution in [0.1, 0.15) is 37.1 Å². The van der Waals surface area contributed by atoms with Gasteiger partial charge in [-0.25, -0.2) is 4.98 Å². The molecular weight excluding hydrogens is 220 g/mol. The number of oxazole rings is 1. The highest BCUT2D eigenvalue weighted by molar-refractivity contribution is 7.99. The van der Waals surface area contributed by atoms with E-state index in [-0.39, 0.29) is 0 Å². The maximum absolute atomic E-state index is 5.51. The molecule has 1 aliphatic rings. The molecule has 0 bridgehead atoms. The summed E-state index contributed by atoms with van der Waals surface area (Å²) in [5, 5.41) is 4.39. The topological polar surface area (TPSA) is 38.1 Å². The Morgan fingerprint density at radius 1 is 1.38 bits per heavy atom. The molecule has 0 amide bonds. The zero-order valence-corrected chi connectivity index (χ0v) is 10.9. The molecule has 0 unspecified atom stereocenters. The van der Waals surface area contributed by atoms with Crippen molar-refractivity contribution in [3.05, 3.63) is 11.5 Å². The summed E-state index contributed by atoms with van der Waals surface area (Å²) in [5.74, 6) is 1.97. The fraction of sp³-hybridized carbons (Fsp3) is 0.750. The number of aryl methyl sites for hydroxylation is 2. The van der Waals surface area contributed by atoms with Crippen molar-refractivity contribution in [1.29, 1.82) is 0 Å². The standard InChI is InChI=1S/C12H20N2OS/c1-9-10(2)15-12(14-9)16-8-7-13-11-5-3-4-6-11/h11,13H,3-8H2,1-2H3. The molecule has 0 spiro atoms. The molecule has 1 saturated carbocycles. The van der Waals surface area contributed by atoms with E-state index < -0.39 is 0 Å². The molecule has 90 valence electrons. The average Bonchev–Trinajstić information content (AvgIpc) is 2.85. The fourth-order valence-electron chi connectivity index (χ4n) is 2.04. The zero-order chi connectivity index (χ0) is 11.4. The summed E-state index contributed by atoms with van der Waals surface area (Å²) in [7, 11) is 0. The van der Waals surface area contributed by atoms with Crippen molar-refractivity contribution in [2.45, 2.75) is 50.8 Å². The van der Waals surface area contributed by atoms with E-state index >= 15 is 0 Å². The Morgan fingerprint density at radius 3 is 2.75 bits per heavy atom. The quantitative estimate of drug-likeness (QED) is 0.634. The highest BCUT2D eigenvalue weighted by atomic mass is 32.2. The second kappa shape index (κ2) is 5.73. The Kier molecular flexibility index (Phi) is 4.29. The fourth-order valence-corrected chi connectivity index (χ4v) is 2.82. The van der Waals surface area contributed by atoms with Gasteiger partial charge in [0.2, 0.25) is 0 Å². The molecule has 1 heterocycles. The van der Waals surface area contributed by atoms with E-state index in [1.807, 2.05) is 13.8 Å². The predicted octanol–water partition coefficient (Wildman–Crippen LogP) is 2.92. The lowest BCUT2D eigenvalue weighted by Gasteiger charge is -2.10. The van der Waals surface area contributed by atoms with Crippen molar-refractivity contribution in [3.8, 4) is 0 Å². The van der Waals surface area contributed by atoms with Crippen molar-refractivity contribution in [1.82, 2.24) is 10.3 Å². The molecule has 0 saturated heterocycles. The van der Waals surface area contributed by atoms with E-state index in [2.05, 4.69) is 10.3 Å². The molecule has 2 rings (SSSR count). The molecule has 16 heavy (non-hydrogen) atoms. The molecule has 0 aliphatic heterocycles. The molecular formula is C12H20N2OS. The SMILES string of the molecule is Cc1nc(SCCNC2CCCC2)oc1C. The number of aromatic nitrogens is 1.